The number of hydrogen-bond donors (Lipinski definition) is 1. The molecule has 17 heavy (non-hydrogen) atoms. The molecule has 1 heterocycles. The minimum atomic E-state index is -4.22. The Morgan fingerprint density at radius 3 is 2.47 bits per heavy atom. The highest BCUT2D eigenvalue weighted by Crippen LogP contribution is 2.34. The van der Waals surface area contributed by atoms with Crippen LogP contribution in [-0.4, -0.2) is 32.1 Å². The smallest absolute Gasteiger partial charge is 0.318 e. The Hall–Kier alpha value is -0.300. The molecule has 1 aromatic rings. The number of likely N-dealkylation sites (N-methyl/N-ethyl adjacent to an activating group) is 2. The molecule has 0 radical (unpaired) electrons. The van der Waals surface area contributed by atoms with Crippen LogP contribution in [0.2, 0.25) is 0 Å². The van der Waals surface area contributed by atoms with Crippen molar-refractivity contribution in [2.75, 3.05) is 27.2 Å². The molecule has 2 nitrogen and oxygen atoms in total. The summed E-state index contributed by atoms with van der Waals surface area (Å²) in [6.07, 6.45) is -4.22. The first-order valence-electron chi connectivity index (χ1n) is 4.92. The summed E-state index contributed by atoms with van der Waals surface area (Å²) < 4.78 is 37.0. The predicted octanol–water partition coefficient (Wildman–Crippen LogP) is 2.84. The summed E-state index contributed by atoms with van der Waals surface area (Å²) in [7, 11) is 3.74. The van der Waals surface area contributed by atoms with Crippen LogP contribution >= 0.6 is 23.7 Å². The Kier molecular flexibility index (Phi) is 7.08. The molecule has 7 heteroatoms. The molecule has 1 aromatic heterocycles. The third-order valence-corrected chi connectivity index (χ3v) is 3.23. The Morgan fingerprint density at radius 2 is 2.00 bits per heavy atom. The van der Waals surface area contributed by atoms with E-state index in [9.17, 15) is 13.2 Å². The van der Waals surface area contributed by atoms with Gasteiger partial charge in [0, 0.05) is 24.5 Å². The minimum Gasteiger partial charge on any atom is -0.318 e. The van der Waals surface area contributed by atoms with Gasteiger partial charge in [0.2, 0.25) is 0 Å². The molecule has 1 N–H and O–H groups in total. The van der Waals surface area contributed by atoms with Crippen LogP contribution < -0.4 is 5.32 Å². The Morgan fingerprint density at radius 1 is 1.35 bits per heavy atom. The Balaban J connectivity index is 0.00000256. The van der Waals surface area contributed by atoms with Gasteiger partial charge in [0.25, 0.3) is 0 Å². The van der Waals surface area contributed by atoms with E-state index in [-0.39, 0.29) is 12.4 Å². The number of rotatable bonds is 5. The van der Waals surface area contributed by atoms with Gasteiger partial charge in [-0.15, -0.1) is 23.7 Å². The second kappa shape index (κ2) is 7.20. The fourth-order valence-corrected chi connectivity index (χ4v) is 2.22. The van der Waals surface area contributed by atoms with E-state index in [0.29, 0.717) is 6.54 Å². The predicted molar refractivity (Wildman–Crippen MR) is 66.8 cm³/mol. The Labute approximate surface area is 109 Å². The molecule has 0 unspecified atom stereocenters. The number of hydrogen-bond acceptors (Lipinski definition) is 3. The summed E-state index contributed by atoms with van der Waals surface area (Å²) in [5.41, 5.74) is 0. The van der Waals surface area contributed by atoms with Crippen LogP contribution in [0.15, 0.2) is 12.1 Å². The molecular formula is C10H16ClF3N2S. The molecule has 100 valence electrons. The van der Waals surface area contributed by atoms with Gasteiger partial charge in [0.15, 0.2) is 0 Å². The van der Waals surface area contributed by atoms with Crippen LogP contribution in [0.3, 0.4) is 0 Å². The number of nitrogens with zero attached hydrogens (tertiary/aromatic N) is 1. The van der Waals surface area contributed by atoms with Crippen LogP contribution in [0.1, 0.15) is 9.75 Å². The fraction of sp³-hybridized carbons (Fsp3) is 0.600. The van der Waals surface area contributed by atoms with E-state index < -0.39 is 11.1 Å². The third kappa shape index (κ3) is 5.72. The maximum atomic E-state index is 12.3. The molecule has 0 spiro atoms. The molecule has 0 aliphatic carbocycles. The minimum absolute atomic E-state index is 0. The fourth-order valence-electron chi connectivity index (χ4n) is 1.26. The van der Waals surface area contributed by atoms with Crippen molar-refractivity contribution in [1.29, 1.82) is 0 Å². The first kappa shape index (κ1) is 16.7. The number of alkyl halides is 3. The van der Waals surface area contributed by atoms with Crippen molar-refractivity contribution in [2.45, 2.75) is 12.7 Å². The highest BCUT2D eigenvalue weighted by molar-refractivity contribution is 7.12. The van der Waals surface area contributed by atoms with E-state index in [2.05, 4.69) is 5.32 Å². The molecule has 1 rings (SSSR count). The summed E-state index contributed by atoms with van der Waals surface area (Å²) in [5, 5.41) is 3.00. The van der Waals surface area contributed by atoms with Gasteiger partial charge in [-0.3, -0.25) is 0 Å². The molecule has 0 atom stereocenters. The topological polar surface area (TPSA) is 15.3 Å². The first-order chi connectivity index (χ1) is 7.43. The maximum Gasteiger partial charge on any atom is 0.425 e. The number of nitrogens with one attached hydrogen (secondary N) is 1. The van der Waals surface area contributed by atoms with Crippen LogP contribution in [0, 0.1) is 0 Å². The second-order valence-corrected chi connectivity index (χ2v) is 4.77. The van der Waals surface area contributed by atoms with Crippen molar-refractivity contribution in [1.82, 2.24) is 10.2 Å². The van der Waals surface area contributed by atoms with Crippen molar-refractivity contribution < 1.29 is 13.2 Å². The first-order valence-corrected chi connectivity index (χ1v) is 5.74. The van der Waals surface area contributed by atoms with E-state index in [4.69, 9.17) is 0 Å². The van der Waals surface area contributed by atoms with Crippen LogP contribution in [0.25, 0.3) is 0 Å². The molecule has 0 bridgehead atoms. The molecule has 0 saturated carbocycles. The number of halogens is 4. The zero-order chi connectivity index (χ0) is 12.2. The van der Waals surface area contributed by atoms with Gasteiger partial charge in [-0.05, 0) is 26.2 Å². The summed E-state index contributed by atoms with van der Waals surface area (Å²) in [5.74, 6) is 0. The van der Waals surface area contributed by atoms with E-state index >= 15 is 0 Å². The van der Waals surface area contributed by atoms with Gasteiger partial charge in [0.1, 0.15) is 4.88 Å². The standard InChI is InChI=1S/C10H15F3N2S.ClH/c1-14-5-6-15(2)7-8-3-4-9(16-8)10(11,12)13;/h3-4,14H,5-7H2,1-2H3;1H. The average molecular weight is 289 g/mol. The van der Waals surface area contributed by atoms with Crippen molar-refractivity contribution in [3.63, 3.8) is 0 Å². The van der Waals surface area contributed by atoms with Gasteiger partial charge in [0.05, 0.1) is 0 Å². The zero-order valence-electron chi connectivity index (χ0n) is 9.67. The SMILES string of the molecule is CNCCN(C)Cc1ccc(C(F)(F)F)s1.Cl. The second-order valence-electron chi connectivity index (χ2n) is 3.61. The highest BCUT2D eigenvalue weighted by atomic mass is 35.5. The lowest BCUT2D eigenvalue weighted by atomic mass is 10.4. The monoisotopic (exact) mass is 288 g/mol. The van der Waals surface area contributed by atoms with E-state index in [0.717, 1.165) is 35.4 Å². The lowest BCUT2D eigenvalue weighted by molar-refractivity contribution is -0.134. The average Bonchev–Trinajstić information content (AvgIpc) is 2.62. The van der Waals surface area contributed by atoms with Crippen molar-refractivity contribution >= 4 is 23.7 Å². The van der Waals surface area contributed by atoms with Crippen molar-refractivity contribution in [3.8, 4) is 0 Å². The van der Waals surface area contributed by atoms with Gasteiger partial charge in [-0.1, -0.05) is 0 Å². The molecular weight excluding hydrogens is 273 g/mol. The molecule has 0 saturated heterocycles. The maximum absolute atomic E-state index is 12.3. The third-order valence-electron chi connectivity index (χ3n) is 2.11. The molecule has 0 amide bonds. The van der Waals surface area contributed by atoms with Gasteiger partial charge in [-0.25, -0.2) is 0 Å². The van der Waals surface area contributed by atoms with Crippen LogP contribution in [0.4, 0.5) is 13.2 Å². The normalized spacial score (nSPS) is 11.6. The Bertz CT molecular complexity index is 328. The summed E-state index contributed by atoms with van der Waals surface area (Å²) >= 11 is 0.815. The van der Waals surface area contributed by atoms with Gasteiger partial charge >= 0.3 is 6.18 Å². The summed E-state index contributed by atoms with van der Waals surface area (Å²) in [6.45, 7) is 2.20. The quantitative estimate of drug-likeness (QED) is 0.896. The van der Waals surface area contributed by atoms with E-state index in [1.54, 1.807) is 6.07 Å². The van der Waals surface area contributed by atoms with E-state index in [1.165, 1.54) is 0 Å². The van der Waals surface area contributed by atoms with Gasteiger partial charge < -0.3 is 10.2 Å². The summed E-state index contributed by atoms with van der Waals surface area (Å²) in [6, 6.07) is 2.69. The summed E-state index contributed by atoms with van der Waals surface area (Å²) in [4.78, 5) is 2.21. The lowest BCUT2D eigenvalue weighted by Gasteiger charge is -2.14. The van der Waals surface area contributed by atoms with Gasteiger partial charge in [-0.2, -0.15) is 13.2 Å². The highest BCUT2D eigenvalue weighted by Gasteiger charge is 2.32. The molecule has 0 fully saturated rings. The van der Waals surface area contributed by atoms with Crippen molar-refractivity contribution in [3.05, 3.63) is 21.9 Å². The molecule has 0 aromatic carbocycles. The van der Waals surface area contributed by atoms with Crippen LogP contribution in [0.5, 0.6) is 0 Å². The molecule has 0 aliphatic heterocycles. The largest absolute Gasteiger partial charge is 0.425 e. The number of thiophene rings is 1. The lowest BCUT2D eigenvalue weighted by Crippen LogP contribution is -2.26. The van der Waals surface area contributed by atoms with Crippen LogP contribution in [-0.2, 0) is 12.7 Å². The molecule has 0 aliphatic rings. The van der Waals surface area contributed by atoms with Crippen molar-refractivity contribution in [2.24, 2.45) is 0 Å². The van der Waals surface area contributed by atoms with E-state index in [1.807, 2.05) is 19.0 Å². The zero-order valence-corrected chi connectivity index (χ0v) is 11.3.